The first-order valence-corrected chi connectivity index (χ1v) is 4.99. The molecule has 1 aromatic rings. The molecule has 0 radical (unpaired) electrons. The molecule has 17 heavy (non-hydrogen) atoms. The predicted molar refractivity (Wildman–Crippen MR) is 62.3 cm³/mol. The van der Waals surface area contributed by atoms with Gasteiger partial charge in [0.05, 0.1) is 12.4 Å². The molecule has 2 amide bonds. The van der Waals surface area contributed by atoms with Crippen molar-refractivity contribution in [3.63, 3.8) is 0 Å². The summed E-state index contributed by atoms with van der Waals surface area (Å²) in [6, 6.07) is 0. The average molecular weight is 237 g/mol. The van der Waals surface area contributed by atoms with Crippen LogP contribution in [0.3, 0.4) is 0 Å². The lowest BCUT2D eigenvalue weighted by molar-refractivity contribution is -0.122. The van der Waals surface area contributed by atoms with Crippen LogP contribution < -0.4 is 16.4 Å². The van der Waals surface area contributed by atoms with Crippen molar-refractivity contribution in [1.29, 1.82) is 0 Å². The molecule has 0 spiro atoms. The van der Waals surface area contributed by atoms with Crippen molar-refractivity contribution in [3.8, 4) is 0 Å². The van der Waals surface area contributed by atoms with Gasteiger partial charge in [-0.3, -0.25) is 14.6 Å². The molecule has 0 aliphatic rings. The molecule has 0 fully saturated rings. The Morgan fingerprint density at radius 1 is 1.35 bits per heavy atom. The Bertz CT molecular complexity index is 444. The molecule has 7 nitrogen and oxygen atoms in total. The van der Waals surface area contributed by atoms with E-state index >= 15 is 0 Å². The number of carbonyl (C=O) groups is 2. The molecule has 0 saturated heterocycles. The van der Waals surface area contributed by atoms with Gasteiger partial charge in [-0.15, -0.1) is 0 Å². The van der Waals surface area contributed by atoms with Gasteiger partial charge < -0.3 is 16.4 Å². The Balaban J connectivity index is 2.86. The normalized spacial score (nSPS) is 10.8. The van der Waals surface area contributed by atoms with E-state index in [4.69, 9.17) is 5.73 Å². The highest BCUT2D eigenvalue weighted by atomic mass is 16.2. The van der Waals surface area contributed by atoms with Crippen LogP contribution in [0.15, 0.2) is 12.4 Å². The van der Waals surface area contributed by atoms with Gasteiger partial charge in [0.15, 0.2) is 0 Å². The molecule has 0 aromatic carbocycles. The van der Waals surface area contributed by atoms with Crippen molar-refractivity contribution >= 4 is 17.6 Å². The minimum absolute atomic E-state index is 0.117. The Labute approximate surface area is 98.8 Å². The summed E-state index contributed by atoms with van der Waals surface area (Å²) in [6.07, 6.45) is 2.79. The fraction of sp³-hybridized carbons (Fsp3) is 0.400. The average Bonchev–Trinajstić information content (AvgIpc) is 2.28. The number of primary amides is 1. The van der Waals surface area contributed by atoms with Gasteiger partial charge in [0, 0.05) is 7.05 Å². The van der Waals surface area contributed by atoms with E-state index in [1.54, 1.807) is 7.05 Å². The van der Waals surface area contributed by atoms with Gasteiger partial charge in [-0.05, 0) is 13.8 Å². The maximum Gasteiger partial charge on any atom is 0.272 e. The van der Waals surface area contributed by atoms with Crippen molar-refractivity contribution < 1.29 is 9.59 Å². The molecule has 1 heterocycles. The third kappa shape index (κ3) is 3.13. The molecule has 0 aliphatic heterocycles. The molecule has 0 aliphatic carbocycles. The van der Waals surface area contributed by atoms with E-state index < -0.39 is 17.4 Å². The molecule has 1 rings (SSSR count). The van der Waals surface area contributed by atoms with Crippen molar-refractivity contribution in [1.82, 2.24) is 15.3 Å². The molecule has 7 heteroatoms. The van der Waals surface area contributed by atoms with Crippen LogP contribution in [0.5, 0.6) is 0 Å². The molecule has 4 N–H and O–H groups in total. The summed E-state index contributed by atoms with van der Waals surface area (Å²) in [7, 11) is 1.67. The van der Waals surface area contributed by atoms with Gasteiger partial charge in [0.1, 0.15) is 17.1 Å². The second-order valence-electron chi connectivity index (χ2n) is 3.98. The first-order chi connectivity index (χ1) is 7.86. The Morgan fingerprint density at radius 3 is 2.53 bits per heavy atom. The number of nitrogens with one attached hydrogen (secondary N) is 2. The molecule has 0 saturated carbocycles. The Hall–Kier alpha value is -2.18. The summed E-state index contributed by atoms with van der Waals surface area (Å²) in [5.41, 5.74) is 4.14. The maximum atomic E-state index is 11.8. The van der Waals surface area contributed by atoms with Gasteiger partial charge >= 0.3 is 0 Å². The lowest BCUT2D eigenvalue weighted by Crippen LogP contribution is -2.53. The van der Waals surface area contributed by atoms with E-state index in [-0.39, 0.29) is 5.69 Å². The molecule has 0 atom stereocenters. The number of amides is 2. The second kappa shape index (κ2) is 4.77. The standard InChI is InChI=1S/C10H15N5O2/c1-10(2,9(11)17)15-8(16)6-4-13-5-7(12-3)14-6/h4-5H,1-3H3,(H2,11,17)(H,12,14)(H,15,16). The number of hydrogen-bond donors (Lipinski definition) is 3. The van der Waals surface area contributed by atoms with Crippen LogP contribution in [0.4, 0.5) is 5.82 Å². The minimum Gasteiger partial charge on any atom is -0.372 e. The summed E-state index contributed by atoms with van der Waals surface area (Å²) in [4.78, 5) is 30.7. The molecule has 0 bridgehead atoms. The third-order valence-electron chi connectivity index (χ3n) is 2.17. The van der Waals surface area contributed by atoms with Crippen molar-refractivity contribution in [2.24, 2.45) is 5.73 Å². The monoisotopic (exact) mass is 237 g/mol. The van der Waals surface area contributed by atoms with E-state index in [9.17, 15) is 9.59 Å². The van der Waals surface area contributed by atoms with Crippen LogP contribution in [-0.2, 0) is 4.79 Å². The van der Waals surface area contributed by atoms with Crippen LogP contribution in [-0.4, -0.2) is 34.4 Å². The highest BCUT2D eigenvalue weighted by Gasteiger charge is 2.27. The van der Waals surface area contributed by atoms with E-state index in [0.717, 1.165) is 0 Å². The summed E-state index contributed by atoms with van der Waals surface area (Å²) in [6.45, 7) is 3.03. The second-order valence-corrected chi connectivity index (χ2v) is 3.98. The van der Waals surface area contributed by atoms with Crippen LogP contribution in [0, 0.1) is 0 Å². The van der Waals surface area contributed by atoms with E-state index in [2.05, 4.69) is 20.6 Å². The van der Waals surface area contributed by atoms with Gasteiger partial charge in [-0.25, -0.2) is 4.98 Å². The lowest BCUT2D eigenvalue weighted by atomic mass is 10.1. The quantitative estimate of drug-likeness (QED) is 0.654. The first kappa shape index (κ1) is 12.9. The predicted octanol–water partition coefficient (Wildman–Crippen LogP) is -0.488. The highest BCUT2D eigenvalue weighted by Crippen LogP contribution is 2.05. The number of rotatable bonds is 4. The topological polar surface area (TPSA) is 110 Å². The van der Waals surface area contributed by atoms with Crippen LogP contribution in [0.25, 0.3) is 0 Å². The number of anilines is 1. The third-order valence-corrected chi connectivity index (χ3v) is 2.17. The van der Waals surface area contributed by atoms with Gasteiger partial charge in [-0.2, -0.15) is 0 Å². The molecule has 1 aromatic heterocycles. The zero-order valence-electron chi connectivity index (χ0n) is 9.94. The summed E-state index contributed by atoms with van der Waals surface area (Å²) < 4.78 is 0. The number of hydrogen-bond acceptors (Lipinski definition) is 5. The SMILES string of the molecule is CNc1cncc(C(=O)NC(C)(C)C(N)=O)n1. The summed E-state index contributed by atoms with van der Waals surface area (Å²) in [5, 5.41) is 5.24. The van der Waals surface area contributed by atoms with Crippen LogP contribution in [0.2, 0.25) is 0 Å². The smallest absolute Gasteiger partial charge is 0.272 e. The van der Waals surface area contributed by atoms with Crippen LogP contribution >= 0.6 is 0 Å². The van der Waals surface area contributed by atoms with E-state index in [1.165, 1.54) is 26.2 Å². The van der Waals surface area contributed by atoms with Crippen molar-refractivity contribution in [2.75, 3.05) is 12.4 Å². The van der Waals surface area contributed by atoms with Gasteiger partial charge in [0.2, 0.25) is 5.91 Å². The molecule has 0 unspecified atom stereocenters. The fourth-order valence-electron chi connectivity index (χ4n) is 1.01. The molecular formula is C10H15N5O2. The van der Waals surface area contributed by atoms with Crippen molar-refractivity contribution in [2.45, 2.75) is 19.4 Å². The largest absolute Gasteiger partial charge is 0.372 e. The fourth-order valence-corrected chi connectivity index (χ4v) is 1.01. The maximum absolute atomic E-state index is 11.8. The van der Waals surface area contributed by atoms with Gasteiger partial charge in [-0.1, -0.05) is 0 Å². The first-order valence-electron chi connectivity index (χ1n) is 4.99. The number of carbonyl (C=O) groups excluding carboxylic acids is 2. The summed E-state index contributed by atoms with van der Waals surface area (Å²) in [5.74, 6) is -0.656. The highest BCUT2D eigenvalue weighted by molar-refractivity contribution is 5.97. The zero-order valence-corrected chi connectivity index (χ0v) is 9.94. The van der Waals surface area contributed by atoms with Crippen molar-refractivity contribution in [3.05, 3.63) is 18.1 Å². The number of aromatic nitrogens is 2. The number of nitrogens with two attached hydrogens (primary N) is 1. The van der Waals surface area contributed by atoms with E-state index in [0.29, 0.717) is 5.82 Å². The molecular weight excluding hydrogens is 222 g/mol. The summed E-state index contributed by atoms with van der Waals surface area (Å²) >= 11 is 0. The lowest BCUT2D eigenvalue weighted by Gasteiger charge is -2.21. The molecule has 92 valence electrons. The van der Waals surface area contributed by atoms with E-state index in [1.807, 2.05) is 0 Å². The Morgan fingerprint density at radius 2 is 2.00 bits per heavy atom. The minimum atomic E-state index is -1.13. The van der Waals surface area contributed by atoms with Gasteiger partial charge in [0.25, 0.3) is 5.91 Å². The number of nitrogens with zero attached hydrogens (tertiary/aromatic N) is 2. The zero-order chi connectivity index (χ0) is 13.1. The Kier molecular flexibility index (Phi) is 3.62. The van der Waals surface area contributed by atoms with Crippen LogP contribution in [0.1, 0.15) is 24.3 Å².